The molecule has 0 N–H and O–H groups in total. The molecule has 1 amide bonds. The number of amides is 1. The van der Waals surface area contributed by atoms with Crippen LogP contribution >= 0.6 is 11.3 Å². The van der Waals surface area contributed by atoms with E-state index in [2.05, 4.69) is 14.7 Å². The minimum Gasteiger partial charge on any atom is -0.338 e. The molecular formula is C14H12F3N3O2S. The van der Waals surface area contributed by atoms with Gasteiger partial charge < -0.3 is 9.42 Å². The monoisotopic (exact) mass is 343 g/mol. The van der Waals surface area contributed by atoms with Gasteiger partial charge in [0, 0.05) is 30.0 Å². The fourth-order valence-corrected chi connectivity index (χ4v) is 2.95. The van der Waals surface area contributed by atoms with Crippen LogP contribution in [0.4, 0.5) is 13.2 Å². The van der Waals surface area contributed by atoms with E-state index >= 15 is 0 Å². The SMILES string of the molecule is O=C(/C=C\c1cccs1)N1CC[C@@H](c2noc(C(F)(F)F)n2)C1. The van der Waals surface area contributed by atoms with Gasteiger partial charge >= 0.3 is 12.1 Å². The van der Waals surface area contributed by atoms with Gasteiger partial charge in [-0.3, -0.25) is 4.79 Å². The first kappa shape index (κ1) is 15.7. The molecule has 3 heterocycles. The summed E-state index contributed by atoms with van der Waals surface area (Å²) in [5.41, 5.74) is 0. The Morgan fingerprint density at radius 3 is 2.96 bits per heavy atom. The summed E-state index contributed by atoms with van der Waals surface area (Å²) in [7, 11) is 0. The molecule has 23 heavy (non-hydrogen) atoms. The van der Waals surface area contributed by atoms with Crippen LogP contribution in [0.2, 0.25) is 0 Å². The van der Waals surface area contributed by atoms with E-state index in [0.717, 1.165) is 4.88 Å². The van der Waals surface area contributed by atoms with Crippen LogP contribution in [0, 0.1) is 0 Å². The van der Waals surface area contributed by atoms with Crippen molar-refractivity contribution in [1.29, 1.82) is 0 Å². The first-order valence-corrected chi connectivity index (χ1v) is 7.73. The van der Waals surface area contributed by atoms with E-state index < -0.39 is 12.1 Å². The lowest BCUT2D eigenvalue weighted by Crippen LogP contribution is -2.26. The fraction of sp³-hybridized carbons (Fsp3) is 0.357. The van der Waals surface area contributed by atoms with E-state index in [1.807, 2.05) is 17.5 Å². The fourth-order valence-electron chi connectivity index (χ4n) is 2.33. The highest BCUT2D eigenvalue weighted by Crippen LogP contribution is 2.31. The van der Waals surface area contributed by atoms with Crippen molar-refractivity contribution in [2.75, 3.05) is 13.1 Å². The van der Waals surface area contributed by atoms with Crippen molar-refractivity contribution >= 4 is 23.3 Å². The Kier molecular flexibility index (Phi) is 4.20. The number of thiophene rings is 1. The summed E-state index contributed by atoms with van der Waals surface area (Å²) in [4.78, 5) is 18.0. The van der Waals surface area contributed by atoms with Gasteiger partial charge in [0.25, 0.3) is 0 Å². The second-order valence-corrected chi connectivity index (χ2v) is 6.05. The number of halogens is 3. The maximum Gasteiger partial charge on any atom is 0.471 e. The summed E-state index contributed by atoms with van der Waals surface area (Å²) < 4.78 is 41.6. The lowest BCUT2D eigenvalue weighted by molar-refractivity contribution is -0.159. The number of carbonyl (C=O) groups excluding carboxylic acids is 1. The van der Waals surface area contributed by atoms with Crippen LogP contribution < -0.4 is 0 Å². The zero-order valence-electron chi connectivity index (χ0n) is 11.8. The molecule has 0 radical (unpaired) electrons. The van der Waals surface area contributed by atoms with Crippen LogP contribution in [0.1, 0.15) is 28.9 Å². The molecule has 0 bridgehead atoms. The van der Waals surface area contributed by atoms with Crippen LogP contribution in [-0.4, -0.2) is 34.0 Å². The van der Waals surface area contributed by atoms with Crippen molar-refractivity contribution in [3.8, 4) is 0 Å². The third kappa shape index (κ3) is 3.61. The van der Waals surface area contributed by atoms with Crippen LogP contribution in [0.25, 0.3) is 6.08 Å². The molecule has 2 aromatic rings. The van der Waals surface area contributed by atoms with Gasteiger partial charge in [-0.25, -0.2) is 0 Å². The molecule has 3 rings (SSSR count). The molecule has 2 aromatic heterocycles. The number of hydrogen-bond donors (Lipinski definition) is 0. The topological polar surface area (TPSA) is 59.2 Å². The highest BCUT2D eigenvalue weighted by atomic mass is 32.1. The molecule has 0 spiro atoms. The number of likely N-dealkylation sites (tertiary alicyclic amines) is 1. The smallest absolute Gasteiger partial charge is 0.338 e. The number of rotatable bonds is 3. The Morgan fingerprint density at radius 1 is 1.48 bits per heavy atom. The van der Waals surface area contributed by atoms with Gasteiger partial charge in [0.05, 0.1) is 0 Å². The Hall–Kier alpha value is -2.16. The highest BCUT2D eigenvalue weighted by molar-refractivity contribution is 7.10. The summed E-state index contributed by atoms with van der Waals surface area (Å²) in [6, 6.07) is 3.77. The van der Waals surface area contributed by atoms with Crippen molar-refractivity contribution in [3.63, 3.8) is 0 Å². The molecule has 1 atom stereocenters. The third-order valence-electron chi connectivity index (χ3n) is 3.48. The minimum absolute atomic E-state index is 0.00476. The van der Waals surface area contributed by atoms with Crippen molar-refractivity contribution in [2.45, 2.75) is 18.5 Å². The van der Waals surface area contributed by atoms with Crippen LogP contribution in [0.5, 0.6) is 0 Å². The lowest BCUT2D eigenvalue weighted by Gasteiger charge is -2.12. The molecule has 5 nitrogen and oxygen atoms in total. The van der Waals surface area contributed by atoms with Crippen molar-refractivity contribution < 1.29 is 22.5 Å². The van der Waals surface area contributed by atoms with Gasteiger partial charge in [-0.2, -0.15) is 18.2 Å². The summed E-state index contributed by atoms with van der Waals surface area (Å²) in [6.07, 6.45) is -0.958. The van der Waals surface area contributed by atoms with E-state index in [1.54, 1.807) is 11.0 Å². The molecule has 0 aliphatic carbocycles. The van der Waals surface area contributed by atoms with Crippen LogP contribution in [-0.2, 0) is 11.0 Å². The summed E-state index contributed by atoms with van der Waals surface area (Å²) >= 11 is 1.51. The van der Waals surface area contributed by atoms with Crippen LogP contribution in [0.3, 0.4) is 0 Å². The molecule has 9 heteroatoms. The van der Waals surface area contributed by atoms with Gasteiger partial charge in [0.2, 0.25) is 5.91 Å². The number of aromatic nitrogens is 2. The van der Waals surface area contributed by atoms with E-state index in [1.165, 1.54) is 17.4 Å². The zero-order valence-corrected chi connectivity index (χ0v) is 12.6. The van der Waals surface area contributed by atoms with E-state index in [0.29, 0.717) is 13.0 Å². The first-order chi connectivity index (χ1) is 10.9. The number of alkyl halides is 3. The summed E-state index contributed by atoms with van der Waals surface area (Å²) in [5.74, 6) is -1.88. The molecule has 1 aliphatic heterocycles. The second kappa shape index (κ2) is 6.15. The molecule has 0 unspecified atom stereocenters. The number of hydrogen-bond acceptors (Lipinski definition) is 5. The van der Waals surface area contributed by atoms with Gasteiger partial charge in [-0.05, 0) is 23.9 Å². The van der Waals surface area contributed by atoms with Gasteiger partial charge in [-0.1, -0.05) is 11.2 Å². The Balaban J connectivity index is 1.62. The molecular weight excluding hydrogens is 331 g/mol. The van der Waals surface area contributed by atoms with E-state index in [4.69, 9.17) is 0 Å². The van der Waals surface area contributed by atoms with E-state index in [-0.39, 0.29) is 24.2 Å². The molecule has 1 aliphatic rings. The molecule has 0 aromatic carbocycles. The lowest BCUT2D eigenvalue weighted by atomic mass is 10.1. The first-order valence-electron chi connectivity index (χ1n) is 6.85. The number of carbonyl (C=O) groups is 1. The predicted octanol–water partition coefficient (Wildman–Crippen LogP) is 3.18. The Bertz CT molecular complexity index is 709. The van der Waals surface area contributed by atoms with Gasteiger partial charge in [0.1, 0.15) is 0 Å². The van der Waals surface area contributed by atoms with Gasteiger partial charge in [0.15, 0.2) is 5.82 Å². The Morgan fingerprint density at radius 2 is 2.30 bits per heavy atom. The molecule has 1 fully saturated rings. The largest absolute Gasteiger partial charge is 0.471 e. The standard InChI is InChI=1S/C14H12F3N3O2S/c15-14(16,17)13-18-12(19-22-13)9-5-6-20(8-9)11(21)4-3-10-2-1-7-23-10/h1-4,7,9H,5-6,8H2/b4-3-/t9-/m1/s1. The summed E-state index contributed by atoms with van der Waals surface area (Å²) in [6.45, 7) is 0.735. The van der Waals surface area contributed by atoms with Crippen molar-refractivity contribution in [3.05, 3.63) is 40.2 Å². The van der Waals surface area contributed by atoms with Crippen molar-refractivity contribution in [2.24, 2.45) is 0 Å². The van der Waals surface area contributed by atoms with Crippen LogP contribution in [0.15, 0.2) is 28.1 Å². The normalized spacial score (nSPS) is 18.9. The molecule has 0 saturated carbocycles. The van der Waals surface area contributed by atoms with E-state index in [9.17, 15) is 18.0 Å². The molecule has 1 saturated heterocycles. The maximum atomic E-state index is 12.5. The summed E-state index contributed by atoms with van der Waals surface area (Å²) in [5, 5.41) is 5.29. The minimum atomic E-state index is -4.65. The third-order valence-corrected chi connectivity index (χ3v) is 4.32. The zero-order chi connectivity index (χ0) is 16.4. The predicted molar refractivity (Wildman–Crippen MR) is 76.6 cm³/mol. The molecule has 122 valence electrons. The quantitative estimate of drug-likeness (QED) is 0.803. The van der Waals surface area contributed by atoms with Crippen molar-refractivity contribution in [1.82, 2.24) is 15.0 Å². The Labute approximate surface area is 133 Å². The van der Waals surface area contributed by atoms with Gasteiger partial charge in [-0.15, -0.1) is 11.3 Å². The maximum absolute atomic E-state index is 12.5. The average Bonchev–Trinajstić information content (AvgIpc) is 3.22. The average molecular weight is 343 g/mol. The second-order valence-electron chi connectivity index (χ2n) is 5.07. The number of nitrogens with zero attached hydrogens (tertiary/aromatic N) is 3. The highest BCUT2D eigenvalue weighted by Gasteiger charge is 2.40.